The van der Waals surface area contributed by atoms with Crippen molar-refractivity contribution in [2.45, 2.75) is 31.3 Å². The van der Waals surface area contributed by atoms with Crippen LogP contribution in [0.2, 0.25) is 0 Å². The van der Waals surface area contributed by atoms with Crippen LogP contribution in [0.4, 0.5) is 0 Å². The van der Waals surface area contributed by atoms with E-state index in [1.54, 1.807) is 0 Å². The fourth-order valence-electron chi connectivity index (χ4n) is 1.85. The summed E-state index contributed by atoms with van der Waals surface area (Å²) in [4.78, 5) is 10.8. The zero-order valence-corrected chi connectivity index (χ0v) is 7.36. The largest absolute Gasteiger partial charge is 0.451 e. The number of aliphatic hydroxyl groups excluding tert-OH is 1. The highest BCUT2D eigenvalue weighted by Gasteiger charge is 2.58. The molecule has 2 aliphatic rings. The highest BCUT2D eigenvalue weighted by atomic mass is 16.7. The minimum absolute atomic E-state index is 0.165. The van der Waals surface area contributed by atoms with Gasteiger partial charge in [-0.2, -0.15) is 0 Å². The summed E-state index contributed by atoms with van der Waals surface area (Å²) < 4.78 is 15.4. The van der Waals surface area contributed by atoms with Gasteiger partial charge in [0.15, 0.2) is 5.60 Å². The lowest BCUT2D eigenvalue weighted by Crippen LogP contribution is -2.47. The maximum atomic E-state index is 10.8. The van der Waals surface area contributed by atoms with E-state index in [-0.39, 0.29) is 6.61 Å². The maximum Gasteiger partial charge on any atom is 0.303 e. The molecular formula is C8H12O5. The molecule has 0 aromatic carbocycles. The number of fused-ring (bicyclic) bond motifs is 1. The van der Waals surface area contributed by atoms with E-state index in [4.69, 9.17) is 14.2 Å². The number of rotatable bonds is 1. The molecular weight excluding hydrogens is 176 g/mol. The fraction of sp³-hybridized carbons (Fsp3) is 0.875. The van der Waals surface area contributed by atoms with Gasteiger partial charge in [0.2, 0.25) is 6.29 Å². The van der Waals surface area contributed by atoms with Gasteiger partial charge in [0.1, 0.15) is 6.10 Å². The predicted molar refractivity (Wildman–Crippen MR) is 40.8 cm³/mol. The molecule has 0 radical (unpaired) electrons. The minimum atomic E-state index is -0.953. The quantitative estimate of drug-likeness (QED) is 0.558. The van der Waals surface area contributed by atoms with Crippen molar-refractivity contribution in [2.24, 2.45) is 0 Å². The molecule has 2 saturated heterocycles. The smallest absolute Gasteiger partial charge is 0.303 e. The van der Waals surface area contributed by atoms with E-state index in [2.05, 4.69) is 0 Å². The molecule has 0 aromatic rings. The van der Waals surface area contributed by atoms with Gasteiger partial charge in [-0.15, -0.1) is 0 Å². The maximum absolute atomic E-state index is 10.8. The van der Waals surface area contributed by atoms with Crippen LogP contribution >= 0.6 is 0 Å². The molecule has 3 unspecified atom stereocenters. The molecule has 2 heterocycles. The molecule has 0 amide bonds. The van der Waals surface area contributed by atoms with Crippen molar-refractivity contribution in [3.05, 3.63) is 0 Å². The average Bonchev–Trinajstić information content (AvgIpc) is 2.53. The Kier molecular flexibility index (Phi) is 2.02. The highest BCUT2D eigenvalue weighted by Crippen LogP contribution is 2.39. The molecule has 0 bridgehead atoms. The molecule has 0 aliphatic carbocycles. The van der Waals surface area contributed by atoms with E-state index in [9.17, 15) is 9.90 Å². The summed E-state index contributed by atoms with van der Waals surface area (Å²) in [5.74, 6) is -0.417. The molecule has 13 heavy (non-hydrogen) atoms. The number of carbonyl (C=O) groups is 1. The fourth-order valence-corrected chi connectivity index (χ4v) is 1.85. The Hall–Kier alpha value is -0.650. The van der Waals surface area contributed by atoms with E-state index in [1.165, 1.54) is 6.92 Å². The third-order valence-electron chi connectivity index (χ3n) is 2.46. The van der Waals surface area contributed by atoms with Gasteiger partial charge in [-0.25, -0.2) is 0 Å². The molecule has 2 fully saturated rings. The number of aliphatic hydroxyl groups is 1. The Labute approximate surface area is 75.6 Å². The van der Waals surface area contributed by atoms with E-state index in [1.807, 2.05) is 0 Å². The van der Waals surface area contributed by atoms with Crippen LogP contribution in [0.25, 0.3) is 0 Å². The van der Waals surface area contributed by atoms with Gasteiger partial charge >= 0.3 is 5.97 Å². The van der Waals surface area contributed by atoms with Crippen LogP contribution < -0.4 is 0 Å². The summed E-state index contributed by atoms with van der Waals surface area (Å²) >= 11 is 0. The van der Waals surface area contributed by atoms with Crippen LogP contribution in [-0.2, 0) is 19.0 Å². The normalized spacial score (nSPS) is 43.2. The number of hydrogen-bond acceptors (Lipinski definition) is 5. The van der Waals surface area contributed by atoms with E-state index >= 15 is 0 Å². The zero-order valence-electron chi connectivity index (χ0n) is 7.36. The van der Waals surface area contributed by atoms with Crippen molar-refractivity contribution < 1.29 is 24.1 Å². The van der Waals surface area contributed by atoms with Gasteiger partial charge in [0.25, 0.3) is 0 Å². The monoisotopic (exact) mass is 188 g/mol. The zero-order chi connectivity index (χ0) is 9.47. The first-order chi connectivity index (χ1) is 6.15. The van der Waals surface area contributed by atoms with Crippen molar-refractivity contribution >= 4 is 5.97 Å². The van der Waals surface area contributed by atoms with Gasteiger partial charge in [-0.05, 0) is 0 Å². The van der Waals surface area contributed by atoms with Crippen molar-refractivity contribution in [3.63, 3.8) is 0 Å². The minimum Gasteiger partial charge on any atom is -0.451 e. The molecule has 2 aliphatic heterocycles. The second-order valence-electron chi connectivity index (χ2n) is 3.35. The summed E-state index contributed by atoms with van der Waals surface area (Å²) in [6.45, 7) is 1.93. The van der Waals surface area contributed by atoms with Crippen LogP contribution in [0, 0.1) is 0 Å². The summed E-state index contributed by atoms with van der Waals surface area (Å²) in [5, 5.41) is 9.62. The van der Waals surface area contributed by atoms with Crippen LogP contribution in [0.1, 0.15) is 13.3 Å². The van der Waals surface area contributed by atoms with Gasteiger partial charge in [0, 0.05) is 13.3 Å². The Morgan fingerprint density at radius 3 is 3.08 bits per heavy atom. The third-order valence-corrected chi connectivity index (χ3v) is 2.46. The Bertz CT molecular complexity index is 229. The summed E-state index contributed by atoms with van der Waals surface area (Å²) in [7, 11) is 0. The third kappa shape index (κ3) is 1.23. The molecule has 0 saturated carbocycles. The van der Waals surface area contributed by atoms with Gasteiger partial charge in [-0.1, -0.05) is 0 Å². The van der Waals surface area contributed by atoms with Gasteiger partial charge in [-0.3, -0.25) is 4.79 Å². The molecule has 2 rings (SSSR count). The van der Waals surface area contributed by atoms with E-state index in [0.29, 0.717) is 13.0 Å². The van der Waals surface area contributed by atoms with E-state index in [0.717, 1.165) is 0 Å². The van der Waals surface area contributed by atoms with Crippen LogP contribution in [0.15, 0.2) is 0 Å². The predicted octanol–water partition coefficient (Wildman–Crippen LogP) is -0.574. The second-order valence-corrected chi connectivity index (χ2v) is 3.35. The Morgan fingerprint density at radius 1 is 1.62 bits per heavy atom. The highest BCUT2D eigenvalue weighted by molar-refractivity contribution is 5.66. The van der Waals surface area contributed by atoms with Gasteiger partial charge in [0.05, 0.1) is 13.2 Å². The first-order valence-electron chi connectivity index (χ1n) is 4.26. The number of ether oxygens (including phenoxy) is 3. The summed E-state index contributed by atoms with van der Waals surface area (Å²) in [6, 6.07) is 0. The van der Waals surface area contributed by atoms with Crippen LogP contribution in [0.3, 0.4) is 0 Å². The average molecular weight is 188 g/mol. The van der Waals surface area contributed by atoms with Crippen molar-refractivity contribution in [3.8, 4) is 0 Å². The molecule has 0 aromatic heterocycles. The SMILES string of the molecule is CC(=O)OC12CCOC1OCC2O. The first-order valence-corrected chi connectivity index (χ1v) is 4.26. The number of esters is 1. The molecule has 3 atom stereocenters. The molecule has 1 N–H and O–H groups in total. The summed E-state index contributed by atoms with van der Waals surface area (Å²) in [5.41, 5.74) is -0.953. The van der Waals surface area contributed by atoms with Gasteiger partial charge < -0.3 is 19.3 Å². The summed E-state index contributed by atoms with van der Waals surface area (Å²) in [6.07, 6.45) is -0.867. The Morgan fingerprint density at radius 2 is 2.38 bits per heavy atom. The molecule has 5 heteroatoms. The molecule has 74 valence electrons. The van der Waals surface area contributed by atoms with Crippen LogP contribution in [0.5, 0.6) is 0 Å². The number of hydrogen-bond donors (Lipinski definition) is 1. The van der Waals surface area contributed by atoms with Crippen molar-refractivity contribution in [1.29, 1.82) is 0 Å². The lowest BCUT2D eigenvalue weighted by atomic mass is 9.97. The Balaban J connectivity index is 2.19. The lowest BCUT2D eigenvalue weighted by Gasteiger charge is -2.28. The van der Waals surface area contributed by atoms with Crippen molar-refractivity contribution in [2.75, 3.05) is 13.2 Å². The molecule has 0 spiro atoms. The van der Waals surface area contributed by atoms with Crippen molar-refractivity contribution in [1.82, 2.24) is 0 Å². The molecule has 5 nitrogen and oxygen atoms in total. The second kappa shape index (κ2) is 2.94. The topological polar surface area (TPSA) is 65.0 Å². The van der Waals surface area contributed by atoms with Crippen LogP contribution in [-0.4, -0.2) is 42.3 Å². The number of carbonyl (C=O) groups excluding carboxylic acids is 1. The first kappa shape index (κ1) is 8.93. The standard InChI is InChI=1S/C8H12O5/c1-5(9)13-8-2-3-11-7(8)12-4-6(8)10/h6-7,10H,2-4H2,1H3. The lowest BCUT2D eigenvalue weighted by molar-refractivity contribution is -0.187. The van der Waals surface area contributed by atoms with E-state index < -0.39 is 24.0 Å².